The summed E-state index contributed by atoms with van der Waals surface area (Å²) < 4.78 is 54.7. The predicted octanol–water partition coefficient (Wildman–Crippen LogP) is 7.37. The first-order chi connectivity index (χ1) is 18.6. The van der Waals surface area contributed by atoms with Gasteiger partial charge in [-0.05, 0) is 75.3 Å². The van der Waals surface area contributed by atoms with Crippen molar-refractivity contribution in [3.63, 3.8) is 0 Å². The van der Waals surface area contributed by atoms with Gasteiger partial charge in [0.05, 0.1) is 5.56 Å². The highest BCUT2D eigenvalue weighted by Crippen LogP contribution is 2.34. The van der Waals surface area contributed by atoms with Crippen LogP contribution in [0.1, 0.15) is 73.1 Å². The van der Waals surface area contributed by atoms with Crippen LogP contribution < -0.4 is 4.90 Å². The first-order valence-electron chi connectivity index (χ1n) is 13.5. The van der Waals surface area contributed by atoms with Crippen LogP contribution in [0.4, 0.5) is 23.4 Å². The van der Waals surface area contributed by atoms with Gasteiger partial charge in [0.25, 0.3) is 0 Å². The number of benzene rings is 1. The van der Waals surface area contributed by atoms with E-state index < -0.39 is 23.5 Å². The number of rotatable bonds is 5. The van der Waals surface area contributed by atoms with Crippen molar-refractivity contribution in [2.75, 3.05) is 18.0 Å². The van der Waals surface area contributed by atoms with Crippen LogP contribution in [0.3, 0.4) is 0 Å². The molecule has 6 nitrogen and oxygen atoms in total. The number of aromatic carboxylic acids is 1. The number of halogens is 4. The molecule has 1 saturated heterocycles. The number of alkyl halides is 3. The Morgan fingerprint density at radius 1 is 1.03 bits per heavy atom. The minimum Gasteiger partial charge on any atom is -0.476 e. The number of aromatic nitrogens is 3. The zero-order chi connectivity index (χ0) is 28.0. The van der Waals surface area contributed by atoms with Gasteiger partial charge in [-0.2, -0.15) is 13.2 Å². The number of carboxylic acids is 1. The molecule has 2 aromatic heterocycles. The molecule has 0 spiro atoms. The molecule has 0 unspecified atom stereocenters. The minimum absolute atomic E-state index is 0.0560. The Morgan fingerprint density at radius 3 is 2.33 bits per heavy atom. The van der Waals surface area contributed by atoms with Crippen molar-refractivity contribution < 1.29 is 27.5 Å². The van der Waals surface area contributed by atoms with Crippen molar-refractivity contribution in [1.82, 2.24) is 14.5 Å². The van der Waals surface area contributed by atoms with E-state index in [2.05, 4.69) is 27.0 Å². The van der Waals surface area contributed by atoms with Gasteiger partial charge in [-0.25, -0.2) is 19.2 Å². The molecule has 0 bridgehead atoms. The monoisotopic (exact) mass is 546 g/mol. The first kappa shape index (κ1) is 28.6. The Morgan fingerprint density at radius 2 is 1.72 bits per heavy atom. The summed E-state index contributed by atoms with van der Waals surface area (Å²) in [7, 11) is 0. The Kier molecular flexibility index (Phi) is 9.24. The highest BCUT2D eigenvalue weighted by molar-refractivity contribution is 5.87. The van der Waals surface area contributed by atoms with Crippen LogP contribution in [0.15, 0.2) is 42.6 Å². The molecule has 1 aromatic carbocycles. The quantitative estimate of drug-likeness (QED) is 0.339. The largest absolute Gasteiger partial charge is 0.476 e. The number of piperidine rings is 1. The second-order valence-corrected chi connectivity index (χ2v) is 10.3. The Labute approximate surface area is 225 Å². The first-order valence-corrected chi connectivity index (χ1v) is 13.5. The summed E-state index contributed by atoms with van der Waals surface area (Å²) in [6.07, 6.45) is 6.39. The van der Waals surface area contributed by atoms with E-state index >= 15 is 0 Å². The van der Waals surface area contributed by atoms with E-state index in [0.717, 1.165) is 50.1 Å². The maximum atomic E-state index is 13.8. The van der Waals surface area contributed by atoms with Crippen LogP contribution in [0, 0.1) is 18.7 Å². The molecule has 1 N–H and O–H groups in total. The second kappa shape index (κ2) is 12.6. The Balaban J connectivity index is 0.000000243. The molecular formula is C29H34F4N4O2. The van der Waals surface area contributed by atoms with Gasteiger partial charge in [0.2, 0.25) is 0 Å². The zero-order valence-corrected chi connectivity index (χ0v) is 22.1. The van der Waals surface area contributed by atoms with Crippen molar-refractivity contribution in [2.45, 2.75) is 71.0 Å². The number of anilines is 1. The van der Waals surface area contributed by atoms with Crippen molar-refractivity contribution in [3.8, 4) is 11.4 Å². The molecule has 1 aliphatic carbocycles. The molecule has 0 radical (unpaired) electrons. The Hall–Kier alpha value is -3.43. The van der Waals surface area contributed by atoms with E-state index in [1.54, 1.807) is 11.5 Å². The third-order valence-electron chi connectivity index (χ3n) is 7.40. The maximum absolute atomic E-state index is 13.8. The summed E-state index contributed by atoms with van der Waals surface area (Å²) in [6, 6.07) is 8.30. The van der Waals surface area contributed by atoms with Gasteiger partial charge in [-0.3, -0.25) is 0 Å². The topological polar surface area (TPSA) is 71.2 Å². The lowest BCUT2D eigenvalue weighted by molar-refractivity contribution is -0.137. The maximum Gasteiger partial charge on any atom is 0.416 e. The molecule has 39 heavy (non-hydrogen) atoms. The van der Waals surface area contributed by atoms with E-state index in [9.17, 15) is 27.5 Å². The lowest BCUT2D eigenvalue weighted by Gasteiger charge is -2.27. The van der Waals surface area contributed by atoms with Crippen LogP contribution in [-0.4, -0.2) is 38.7 Å². The average molecular weight is 547 g/mol. The fourth-order valence-corrected chi connectivity index (χ4v) is 5.35. The van der Waals surface area contributed by atoms with E-state index in [1.807, 2.05) is 12.3 Å². The predicted molar refractivity (Wildman–Crippen MR) is 141 cm³/mol. The smallest absolute Gasteiger partial charge is 0.416 e. The number of hydrogen-bond donors (Lipinski definition) is 1. The highest BCUT2D eigenvalue weighted by Gasteiger charge is 2.32. The van der Waals surface area contributed by atoms with Crippen molar-refractivity contribution >= 4 is 11.8 Å². The molecule has 3 aromatic rings. The number of carbonyl (C=O) groups is 1. The van der Waals surface area contributed by atoms with Gasteiger partial charge >= 0.3 is 12.1 Å². The van der Waals surface area contributed by atoms with Gasteiger partial charge < -0.3 is 14.6 Å². The number of nitrogens with zero attached hydrogens (tertiary/aromatic N) is 4. The summed E-state index contributed by atoms with van der Waals surface area (Å²) >= 11 is 0. The number of hydrogen-bond acceptors (Lipinski definition) is 4. The fraction of sp³-hybridized carbons (Fsp3) is 0.483. The molecule has 2 fully saturated rings. The van der Waals surface area contributed by atoms with Crippen LogP contribution in [0.2, 0.25) is 0 Å². The summed E-state index contributed by atoms with van der Waals surface area (Å²) in [5.74, 6) is -0.814. The second-order valence-electron chi connectivity index (χ2n) is 10.3. The van der Waals surface area contributed by atoms with Gasteiger partial charge in [0.15, 0.2) is 5.69 Å². The molecule has 1 aliphatic heterocycles. The van der Waals surface area contributed by atoms with Crippen molar-refractivity contribution in [1.29, 1.82) is 0 Å². The highest BCUT2D eigenvalue weighted by atomic mass is 19.4. The molecule has 2 aliphatic rings. The van der Waals surface area contributed by atoms with Crippen molar-refractivity contribution in [2.24, 2.45) is 5.92 Å². The number of pyridine rings is 1. The summed E-state index contributed by atoms with van der Waals surface area (Å²) in [5.41, 5.74) is -1.06. The molecule has 3 heterocycles. The van der Waals surface area contributed by atoms with Gasteiger partial charge in [-0.15, -0.1) is 0 Å². The molecular weight excluding hydrogens is 512 g/mol. The van der Waals surface area contributed by atoms with Gasteiger partial charge in [-0.1, -0.05) is 25.3 Å². The lowest BCUT2D eigenvalue weighted by Crippen LogP contribution is -2.29. The van der Waals surface area contributed by atoms with Crippen LogP contribution in [0.5, 0.6) is 0 Å². The third-order valence-corrected chi connectivity index (χ3v) is 7.40. The number of imidazole rings is 1. The van der Waals surface area contributed by atoms with E-state index in [1.165, 1.54) is 32.4 Å². The van der Waals surface area contributed by atoms with E-state index in [4.69, 9.17) is 0 Å². The standard InChI is InChI=1S/C19H20F4N2O2.C10H14N2/c1-11-16(18(26)27)24-17(25(11)10-12-5-3-2-4-6-12)13-7-14(19(21,22)23)9-15(20)8-13;1-4-8-12(9-5-1)10-6-2-3-7-11-10/h7-9,12H,2-6,10H2,1H3,(H,26,27);2-3,6-7H,1,4-5,8-9H2. The summed E-state index contributed by atoms with van der Waals surface area (Å²) in [6.45, 7) is 4.39. The van der Waals surface area contributed by atoms with Crippen LogP contribution >= 0.6 is 0 Å². The zero-order valence-electron chi connectivity index (χ0n) is 22.1. The normalized spacial score (nSPS) is 16.5. The van der Waals surface area contributed by atoms with Crippen LogP contribution in [-0.2, 0) is 12.7 Å². The van der Waals surface area contributed by atoms with E-state index in [-0.39, 0.29) is 17.1 Å². The SMILES string of the molecule is Cc1c(C(=O)O)nc(-c2cc(F)cc(C(F)(F)F)c2)n1CC1CCCCC1.c1ccc(N2CCCCC2)nc1. The number of carboxylic acid groups (broad SMARTS) is 1. The average Bonchev–Trinajstić information content (AvgIpc) is 3.26. The van der Waals surface area contributed by atoms with Gasteiger partial charge in [0.1, 0.15) is 17.5 Å². The fourth-order valence-electron chi connectivity index (χ4n) is 5.35. The minimum atomic E-state index is -4.71. The van der Waals surface area contributed by atoms with Crippen molar-refractivity contribution in [3.05, 3.63) is 65.4 Å². The van der Waals surface area contributed by atoms with E-state index in [0.29, 0.717) is 24.2 Å². The molecule has 0 amide bonds. The molecule has 5 rings (SSSR count). The third kappa shape index (κ3) is 7.36. The Bertz CT molecular complexity index is 1250. The molecule has 1 saturated carbocycles. The lowest BCUT2D eigenvalue weighted by atomic mass is 9.89. The van der Waals surface area contributed by atoms with Gasteiger partial charge in [0, 0.05) is 37.1 Å². The summed E-state index contributed by atoms with van der Waals surface area (Å²) in [4.78, 5) is 22.2. The van der Waals surface area contributed by atoms with Crippen LogP contribution in [0.25, 0.3) is 11.4 Å². The molecule has 10 heteroatoms. The summed E-state index contributed by atoms with van der Waals surface area (Å²) in [5, 5.41) is 9.36. The molecule has 210 valence electrons. The molecule has 0 atom stereocenters.